The monoisotopic (exact) mass is 1350 g/mol. The van der Waals surface area contributed by atoms with Crippen molar-refractivity contribution in [3.63, 3.8) is 0 Å². The summed E-state index contributed by atoms with van der Waals surface area (Å²) >= 11 is 0. The number of pyridine rings is 3. The third-order valence-electron chi connectivity index (χ3n) is 16.3. The second-order valence-electron chi connectivity index (χ2n) is 26.6. The van der Waals surface area contributed by atoms with Gasteiger partial charge in [0.25, 0.3) is 0 Å². The van der Waals surface area contributed by atoms with Crippen LogP contribution < -0.4 is 16.7 Å². The zero-order valence-electron chi connectivity index (χ0n) is 51.9. The van der Waals surface area contributed by atoms with E-state index in [9.17, 15) is 0 Å². The van der Waals surface area contributed by atoms with Crippen LogP contribution >= 0.6 is 0 Å². The Morgan fingerprint density at radius 2 is 0.622 bits per heavy atom. The fourth-order valence-corrected chi connectivity index (χ4v) is 12.2. The minimum absolute atomic E-state index is 0. The standard InChI is InChI=1S/C80H67N6O3.Ir/c1-78(2,3)49-84-63-31-22-51(23-32-63)72-37-28-54(46-81-72)66-16-10-13-19-69(66)57-40-58-42-59(41-57)71-21-15-12-18-68(71)56-30-39-74(83-48-56)53-26-35-65(36-27-53)86(80(7,8)9)77(89)62-44-60(75(84)87)43-61(45-62)76(88)85(50-79(4,5)6)64-33-24-52(25-34-64)73-38-29-55(47-82-73)67-17-11-14-20-70(58)67;/h10-22,24,26,28-48H,49-50H2,1-9H3;/q-3;+3. The molecule has 0 aliphatic heterocycles. The van der Waals surface area contributed by atoms with Gasteiger partial charge in [-0.1, -0.05) is 151 Å². The molecule has 0 radical (unpaired) electrons. The van der Waals surface area contributed by atoms with Crippen LogP contribution in [0, 0.1) is 29.0 Å². The van der Waals surface area contributed by atoms with Crippen molar-refractivity contribution < 1.29 is 20.1 Å². The van der Waals surface area contributed by atoms with E-state index in [-0.39, 0.29) is 58.2 Å². The van der Waals surface area contributed by atoms with Gasteiger partial charge in [0.1, 0.15) is 0 Å². The van der Waals surface area contributed by atoms with Gasteiger partial charge in [0.15, 0.2) is 0 Å². The second kappa shape index (κ2) is 24.0. The topological polar surface area (TPSA) is 105 Å². The molecule has 90 heavy (non-hydrogen) atoms. The third-order valence-corrected chi connectivity index (χ3v) is 16.3. The molecule has 444 valence electrons. The van der Waals surface area contributed by atoms with Crippen molar-refractivity contribution >= 4 is 130 Å². The van der Waals surface area contributed by atoms with Crippen LogP contribution in [0.25, 0.3) is 130 Å². The largest absolute Gasteiger partial charge is 3.00 e. The molecule has 0 N–H and O–H groups in total. The minimum atomic E-state index is -0.787. The quantitative estimate of drug-likeness (QED) is 0.160. The molecule has 18 bridgehead atoms. The summed E-state index contributed by atoms with van der Waals surface area (Å²) < 4.78 is 5.15. The maximum atomic E-state index is 15.7. The average Bonchev–Trinajstić information content (AvgIpc) is 0.836. The first-order valence-corrected chi connectivity index (χ1v) is 30.2. The van der Waals surface area contributed by atoms with Crippen LogP contribution in [0.3, 0.4) is 0 Å². The summed E-state index contributed by atoms with van der Waals surface area (Å²) in [5.74, 6) is 0. The summed E-state index contributed by atoms with van der Waals surface area (Å²) in [6.07, 6.45) is 5.75. The number of rotatable bonds is 2. The van der Waals surface area contributed by atoms with Crippen molar-refractivity contribution in [3.8, 4) is 0 Å². The molecule has 0 fully saturated rings. The summed E-state index contributed by atoms with van der Waals surface area (Å²) in [5, 5.41) is 14.8. The third kappa shape index (κ3) is 12.3. The summed E-state index contributed by atoms with van der Waals surface area (Å²) in [7, 11) is 0. The van der Waals surface area contributed by atoms with E-state index in [1.165, 1.54) is 0 Å². The first-order chi connectivity index (χ1) is 42.7. The van der Waals surface area contributed by atoms with Crippen LogP contribution in [-0.4, -0.2) is 28.7 Å². The van der Waals surface area contributed by atoms with Gasteiger partial charge in [0, 0.05) is 53.4 Å². The van der Waals surface area contributed by atoms with Gasteiger partial charge in [0.2, 0.25) is 16.7 Å². The van der Waals surface area contributed by atoms with Crippen LogP contribution in [0.4, 0.5) is 0 Å². The van der Waals surface area contributed by atoms with Crippen LogP contribution in [0.15, 0.2) is 233 Å². The molecule has 0 saturated heterocycles. The van der Waals surface area contributed by atoms with Crippen LogP contribution in [0.5, 0.6) is 0 Å². The zero-order valence-corrected chi connectivity index (χ0v) is 54.3. The molecule has 24 aromatic heterocycles. The first-order valence-electron chi connectivity index (χ1n) is 30.2. The number of aromatic nitrogens is 6. The molecule has 0 unspecified atom stereocenters. The molecule has 24 heterocycles. The second-order valence-corrected chi connectivity index (χ2v) is 26.6. The predicted octanol–water partition coefficient (Wildman–Crippen LogP) is 18.5. The van der Waals surface area contributed by atoms with Gasteiger partial charge < -0.3 is 28.7 Å². The Kier molecular flexibility index (Phi) is 16.1. The molecule has 0 aliphatic rings. The molecule has 32 rings (SSSR count). The number of benzene rings is 8. The Morgan fingerprint density at radius 3 is 0.889 bits per heavy atom. The van der Waals surface area contributed by atoms with Crippen molar-refractivity contribution in [3.05, 3.63) is 268 Å². The van der Waals surface area contributed by atoms with Crippen molar-refractivity contribution in [2.24, 2.45) is 10.8 Å². The maximum Gasteiger partial charge on any atom is 3.00 e. The van der Waals surface area contributed by atoms with Crippen molar-refractivity contribution in [1.82, 2.24) is 28.7 Å². The van der Waals surface area contributed by atoms with Gasteiger partial charge in [-0.15, -0.1) is 89.0 Å². The fraction of sp³-hybridized carbons (Fsp3) is 0.175. The van der Waals surface area contributed by atoms with E-state index in [1.807, 2.05) is 112 Å². The Hall–Kier alpha value is -9.73. The van der Waals surface area contributed by atoms with Gasteiger partial charge in [-0.3, -0.25) is 14.4 Å². The Balaban J connectivity index is 0.00000785. The molecule has 9 nitrogen and oxygen atoms in total. The van der Waals surface area contributed by atoms with Crippen molar-refractivity contribution in [1.29, 1.82) is 0 Å². The van der Waals surface area contributed by atoms with E-state index >= 15 is 14.4 Å². The summed E-state index contributed by atoms with van der Waals surface area (Å²) in [6, 6.07) is 77.0. The average molecular weight is 1350 g/mol. The normalized spacial score (nSPS) is 12.0. The molecule has 0 aliphatic carbocycles. The maximum absolute atomic E-state index is 15.7. The molecule has 0 amide bonds. The fourth-order valence-electron chi connectivity index (χ4n) is 12.2. The predicted molar refractivity (Wildman–Crippen MR) is 372 cm³/mol. The summed E-state index contributed by atoms with van der Waals surface area (Å²) in [4.78, 5) is 62.4. The number of hydrogen-bond donors (Lipinski definition) is 0. The Labute approximate surface area is 535 Å². The molecule has 32 aromatic rings. The molecular weight excluding hydrogens is 1290 g/mol. The van der Waals surface area contributed by atoms with Crippen LogP contribution in [0.2, 0.25) is 0 Å². The van der Waals surface area contributed by atoms with E-state index < -0.39 is 11.1 Å². The van der Waals surface area contributed by atoms with E-state index in [0.29, 0.717) is 46.2 Å². The van der Waals surface area contributed by atoms with E-state index in [1.54, 1.807) is 31.9 Å². The van der Waals surface area contributed by atoms with Gasteiger partial charge in [-0.25, -0.2) is 0 Å². The molecule has 0 atom stereocenters. The van der Waals surface area contributed by atoms with Gasteiger partial charge in [0.05, 0.1) is 0 Å². The number of hydrogen-bond acceptors (Lipinski definition) is 6. The smallest absolute Gasteiger partial charge is 0.348 e. The summed E-state index contributed by atoms with van der Waals surface area (Å²) in [6.45, 7) is 19.0. The van der Waals surface area contributed by atoms with E-state index in [4.69, 9.17) is 15.0 Å². The van der Waals surface area contributed by atoms with E-state index in [2.05, 4.69) is 169 Å². The van der Waals surface area contributed by atoms with Crippen molar-refractivity contribution in [2.45, 2.75) is 80.9 Å². The molecule has 8 aromatic carbocycles. The van der Waals surface area contributed by atoms with Crippen LogP contribution in [-0.2, 0) is 38.7 Å². The van der Waals surface area contributed by atoms with Gasteiger partial charge in [-0.05, 0) is 166 Å². The molecule has 0 saturated carbocycles. The van der Waals surface area contributed by atoms with Crippen LogP contribution in [0.1, 0.15) is 62.3 Å². The first kappa shape index (κ1) is 60.5. The van der Waals surface area contributed by atoms with Gasteiger partial charge >= 0.3 is 20.1 Å². The number of nitrogens with zero attached hydrogens (tertiary/aromatic N) is 6. The Bertz CT molecular complexity index is 5300. The summed E-state index contributed by atoms with van der Waals surface area (Å²) in [5.41, 5.74) is 1.20. The molecule has 10 heteroatoms. The van der Waals surface area contributed by atoms with Crippen molar-refractivity contribution in [2.75, 3.05) is 0 Å². The molecule has 0 spiro atoms. The molecular formula is C80H67IrN6O3. The Morgan fingerprint density at radius 1 is 0.333 bits per heavy atom. The zero-order chi connectivity index (χ0) is 61.9. The van der Waals surface area contributed by atoms with E-state index in [0.717, 1.165) is 80.8 Å². The minimum Gasteiger partial charge on any atom is -0.348 e. The SMILES string of the molecule is CC(C)(C)Cn1c(=O)c2cc3cc(c2)c(=O)n(C(C)(C)C)c2c[c-]c(cc2)c2ccc(cn2)c2ccccc2c2cc(cc(c2)c2ccccc2c2ccc(nc2)c2[c-]cc(cc2)n(CC(C)(C)C)c3=O)c2ccccc2c2ccc(nc2)c2[c-]cc1cc2.[Ir+3]. The van der Waals surface area contributed by atoms with Gasteiger partial charge in [-0.2, -0.15) is 0 Å².